The first-order chi connectivity index (χ1) is 28.2. The molecule has 0 radical (unpaired) electrons. The Hall–Kier alpha value is -0.643. The van der Waals surface area contributed by atoms with E-state index in [1.165, 1.54) is 25.7 Å². The van der Waals surface area contributed by atoms with Crippen molar-refractivity contribution in [3.8, 4) is 0 Å². The third-order valence-corrected chi connectivity index (χ3v) is 17.2. The van der Waals surface area contributed by atoms with E-state index >= 15 is 0 Å². The summed E-state index contributed by atoms with van der Waals surface area (Å²) in [6, 6.07) is 4.09. The highest BCUT2D eigenvalue weighted by Crippen LogP contribution is 2.41. The second kappa shape index (κ2) is 41.8. The van der Waals surface area contributed by atoms with Crippen molar-refractivity contribution < 1.29 is 23.8 Å². The number of carbonyl (C=O) groups is 2. The highest BCUT2D eigenvalue weighted by Gasteiger charge is 2.36. The van der Waals surface area contributed by atoms with E-state index in [4.69, 9.17) is 14.2 Å². The molecule has 0 saturated carbocycles. The van der Waals surface area contributed by atoms with Crippen LogP contribution in [0.3, 0.4) is 0 Å². The van der Waals surface area contributed by atoms with E-state index in [0.717, 1.165) is 55.6 Å². The Kier molecular flexibility index (Phi) is 47.4. The van der Waals surface area contributed by atoms with Crippen molar-refractivity contribution in [2.45, 2.75) is 240 Å². The number of ketones is 2. The molecule has 0 atom stereocenters. The maximum atomic E-state index is 11.2. The van der Waals surface area contributed by atoms with Gasteiger partial charge in [0.15, 0.2) is 0 Å². The van der Waals surface area contributed by atoms with Crippen LogP contribution in [-0.4, -0.2) is 107 Å². The second-order valence-corrected chi connectivity index (χ2v) is 28.1. The monoisotopic (exact) mass is 903 g/mol. The summed E-state index contributed by atoms with van der Waals surface area (Å²) >= 11 is 0. The zero-order chi connectivity index (χ0) is 49.9. The molecule has 0 aromatic carbocycles. The van der Waals surface area contributed by atoms with Gasteiger partial charge < -0.3 is 14.2 Å². The van der Waals surface area contributed by atoms with Gasteiger partial charge in [0.1, 0.15) is 11.6 Å². The fourth-order valence-corrected chi connectivity index (χ4v) is 8.85. The summed E-state index contributed by atoms with van der Waals surface area (Å²) in [5.41, 5.74) is 1.00. The van der Waals surface area contributed by atoms with Crippen LogP contribution in [0.15, 0.2) is 0 Å². The largest absolute Gasteiger partial charge is 0.381 e. The van der Waals surface area contributed by atoms with Crippen LogP contribution in [0.2, 0.25) is 24.2 Å². The van der Waals surface area contributed by atoms with Gasteiger partial charge in [-0.1, -0.05) is 148 Å². The molecule has 1 aliphatic rings. The molecule has 1 saturated heterocycles. The molecule has 1 rings (SSSR count). The Labute approximate surface area is 393 Å². The molecule has 0 aromatic rings. The topological polar surface area (TPSA) is 68.3 Å². The smallest absolute Gasteiger partial charge is 0.149 e. The van der Waals surface area contributed by atoms with Crippen LogP contribution in [0.25, 0.3) is 0 Å². The lowest BCUT2D eigenvalue weighted by Crippen LogP contribution is -2.38. The third-order valence-electron chi connectivity index (χ3n) is 11.6. The second-order valence-electron chi connectivity index (χ2n) is 22.7. The summed E-state index contributed by atoms with van der Waals surface area (Å²) < 4.78 is 16.1. The number of ether oxygens (including phenoxy) is 3. The maximum Gasteiger partial charge on any atom is 0.149 e. The standard InChI is InChI=1S/C12H26Si.2C9H19NO.3C8H18O/c1-10(2)12-6-8-13(5,9-7-12)11(3)4;2*1-7(2)9(11)6-10(5)8(3)4;1-7(2)5-9-6-8(3)4;2*1-7(2)5-6-9-8(3)4/h10-12H,6-9H2,1-5H3;2*7-8H,6H2,1-5H3;3*7-8H,5-6H2,1-4H3. The van der Waals surface area contributed by atoms with Gasteiger partial charge in [0, 0.05) is 50.3 Å². The molecule has 62 heavy (non-hydrogen) atoms. The molecule has 0 amide bonds. The van der Waals surface area contributed by atoms with E-state index < -0.39 is 8.07 Å². The molecule has 0 spiro atoms. The third kappa shape index (κ3) is 50.4. The van der Waals surface area contributed by atoms with Crippen molar-refractivity contribution >= 4 is 19.6 Å². The van der Waals surface area contributed by atoms with Crippen molar-refractivity contribution in [3.05, 3.63) is 0 Å². The lowest BCUT2D eigenvalue weighted by molar-refractivity contribution is -0.123. The van der Waals surface area contributed by atoms with Gasteiger partial charge in [0.05, 0.1) is 33.4 Å². The van der Waals surface area contributed by atoms with Gasteiger partial charge in [-0.25, -0.2) is 0 Å². The SMILES string of the molecule is CC(C)C(=O)CN(C)C(C)C.CC(C)C(=O)CN(C)C(C)C.CC(C)C1CC[Si](C)(C(C)C)CC1.CC(C)CCOC(C)C.CC(C)CCOC(C)C.CC(C)COCC(C)C. The number of rotatable bonds is 22. The average Bonchev–Trinajstić information content (AvgIpc) is 3.12. The van der Waals surface area contributed by atoms with Crippen LogP contribution in [0, 0.1) is 47.3 Å². The van der Waals surface area contributed by atoms with Crippen molar-refractivity contribution in [2.75, 3.05) is 53.6 Å². The van der Waals surface area contributed by atoms with Crippen LogP contribution in [0.5, 0.6) is 0 Å². The lowest BCUT2D eigenvalue weighted by atomic mass is 9.90. The van der Waals surface area contributed by atoms with E-state index in [2.05, 4.69) is 155 Å². The minimum absolute atomic E-state index is 0.163. The van der Waals surface area contributed by atoms with Crippen molar-refractivity contribution in [1.82, 2.24) is 9.80 Å². The van der Waals surface area contributed by atoms with E-state index in [0.29, 0.717) is 60.8 Å². The minimum Gasteiger partial charge on any atom is -0.381 e. The number of hydrogen-bond acceptors (Lipinski definition) is 7. The van der Waals surface area contributed by atoms with Crippen molar-refractivity contribution in [3.63, 3.8) is 0 Å². The Bertz CT molecular complexity index is 885. The molecule has 1 aliphatic heterocycles. The fraction of sp³-hybridized carbons (Fsp3) is 0.963. The summed E-state index contributed by atoms with van der Waals surface area (Å²) in [6.45, 7) is 59.0. The first kappa shape index (κ1) is 70.4. The van der Waals surface area contributed by atoms with Crippen LogP contribution in [0.4, 0.5) is 0 Å². The van der Waals surface area contributed by atoms with Gasteiger partial charge >= 0.3 is 0 Å². The molecular formula is C54H118N2O5Si. The predicted octanol–water partition coefficient (Wildman–Crippen LogP) is 14.9. The summed E-state index contributed by atoms with van der Waals surface area (Å²) in [5.74, 6) is 5.81. The molecule has 8 heteroatoms. The van der Waals surface area contributed by atoms with E-state index in [9.17, 15) is 9.59 Å². The highest BCUT2D eigenvalue weighted by atomic mass is 28.3. The highest BCUT2D eigenvalue weighted by molar-refractivity contribution is 6.80. The van der Waals surface area contributed by atoms with E-state index in [1.807, 2.05) is 41.8 Å². The van der Waals surface area contributed by atoms with Crippen LogP contribution < -0.4 is 0 Å². The zero-order valence-corrected chi connectivity index (χ0v) is 48.4. The van der Waals surface area contributed by atoms with Gasteiger partial charge in [-0.05, 0) is 118 Å². The molecule has 0 aliphatic carbocycles. The number of nitrogens with zero attached hydrogens (tertiary/aromatic N) is 2. The van der Waals surface area contributed by atoms with Gasteiger partial charge in [-0.3, -0.25) is 19.4 Å². The maximum absolute atomic E-state index is 11.2. The van der Waals surface area contributed by atoms with Gasteiger partial charge in [0.25, 0.3) is 0 Å². The number of Topliss-reactive ketones (excluding diaryl/α,β-unsaturated/α-hetero) is 2. The molecule has 378 valence electrons. The summed E-state index contributed by atoms with van der Waals surface area (Å²) in [5, 5.41) is 0. The Morgan fingerprint density at radius 1 is 0.516 bits per heavy atom. The number of likely N-dealkylation sites (N-methyl/N-ethyl adjacent to an activating group) is 2. The van der Waals surface area contributed by atoms with Gasteiger partial charge in [-0.2, -0.15) is 0 Å². The van der Waals surface area contributed by atoms with Crippen molar-refractivity contribution in [2.24, 2.45) is 47.3 Å². The first-order valence-corrected chi connectivity index (χ1v) is 28.5. The number of carbonyl (C=O) groups excluding carboxylic acids is 2. The average molecular weight is 904 g/mol. The van der Waals surface area contributed by atoms with Crippen LogP contribution in [-0.2, 0) is 23.8 Å². The molecule has 0 aromatic heterocycles. The minimum atomic E-state index is -0.802. The van der Waals surface area contributed by atoms with Crippen LogP contribution in [0.1, 0.15) is 192 Å². The Balaban J connectivity index is -0.000000211. The first-order valence-electron chi connectivity index (χ1n) is 25.5. The molecule has 1 fully saturated rings. The van der Waals surface area contributed by atoms with Crippen LogP contribution >= 0.6 is 0 Å². The quantitative estimate of drug-likeness (QED) is 0.100. The van der Waals surface area contributed by atoms with Gasteiger partial charge in [0.2, 0.25) is 0 Å². The number of hydrogen-bond donors (Lipinski definition) is 0. The molecule has 0 N–H and O–H groups in total. The summed E-state index contributed by atoms with van der Waals surface area (Å²) in [4.78, 5) is 26.5. The molecule has 0 unspecified atom stereocenters. The summed E-state index contributed by atoms with van der Waals surface area (Å²) in [7, 11) is 3.15. The van der Waals surface area contributed by atoms with E-state index in [1.54, 1.807) is 12.1 Å². The Morgan fingerprint density at radius 3 is 1.02 bits per heavy atom. The lowest BCUT2D eigenvalue weighted by Gasteiger charge is -2.40. The molecular weight excluding hydrogens is 785 g/mol. The molecule has 0 bridgehead atoms. The Morgan fingerprint density at radius 2 is 0.823 bits per heavy atom. The molecule has 1 heterocycles. The van der Waals surface area contributed by atoms with Gasteiger partial charge in [-0.15, -0.1) is 0 Å². The zero-order valence-electron chi connectivity index (χ0n) is 47.4. The molecule has 7 nitrogen and oxygen atoms in total. The predicted molar refractivity (Wildman–Crippen MR) is 281 cm³/mol. The summed E-state index contributed by atoms with van der Waals surface area (Å²) in [6.07, 6.45) is 6.19. The van der Waals surface area contributed by atoms with E-state index in [-0.39, 0.29) is 11.8 Å². The normalized spacial score (nSPS) is 16.6. The fourth-order valence-electron chi connectivity index (χ4n) is 5.38. The van der Waals surface area contributed by atoms with Crippen molar-refractivity contribution in [1.29, 1.82) is 0 Å².